The van der Waals surface area contributed by atoms with Gasteiger partial charge in [-0.1, -0.05) is 58.8 Å². The van der Waals surface area contributed by atoms with Crippen molar-refractivity contribution in [3.8, 4) is 0 Å². The van der Waals surface area contributed by atoms with E-state index in [1.165, 1.54) is 67.1 Å². The predicted molar refractivity (Wildman–Crippen MR) is 104 cm³/mol. The molecule has 0 aromatic carbocycles. The van der Waals surface area contributed by atoms with Gasteiger partial charge >= 0.3 is 0 Å². The number of hydrogen-bond acceptors (Lipinski definition) is 1. The molecule has 2 nitrogen and oxygen atoms in total. The molecule has 1 aromatic heterocycles. The van der Waals surface area contributed by atoms with Gasteiger partial charge in [0.2, 0.25) is 0 Å². The fraction of sp³-hybridized carbons (Fsp3) is 0.824. The van der Waals surface area contributed by atoms with E-state index < -0.39 is 0 Å². The maximum atomic E-state index is 4.78. The lowest BCUT2D eigenvalue weighted by molar-refractivity contribution is 0.224. The lowest BCUT2D eigenvalue weighted by atomic mass is 9.88. The average molecular weight is 469 g/mol. The molecular formula is C17H30BrIN2. The molecule has 0 aliphatic heterocycles. The molecule has 0 radical (unpaired) electrons. The van der Waals surface area contributed by atoms with Gasteiger partial charge in [0.15, 0.2) is 0 Å². The molecule has 1 heterocycles. The molecule has 0 saturated heterocycles. The predicted octanol–water partition coefficient (Wildman–Crippen LogP) is 6.82. The second kappa shape index (κ2) is 9.53. The van der Waals surface area contributed by atoms with Gasteiger partial charge in [-0.25, -0.2) is 0 Å². The number of hydrogen-bond donors (Lipinski definition) is 0. The van der Waals surface area contributed by atoms with Crippen molar-refractivity contribution in [2.24, 2.45) is 0 Å². The average Bonchev–Trinajstić information content (AvgIpc) is 2.73. The van der Waals surface area contributed by atoms with E-state index in [-0.39, 0.29) is 5.54 Å². The van der Waals surface area contributed by atoms with Crippen LogP contribution in [0.1, 0.15) is 84.3 Å². The zero-order valence-electron chi connectivity index (χ0n) is 14.0. The van der Waals surface area contributed by atoms with Gasteiger partial charge in [-0.2, -0.15) is 5.10 Å². The van der Waals surface area contributed by atoms with E-state index >= 15 is 0 Å². The molecule has 1 unspecified atom stereocenters. The van der Waals surface area contributed by atoms with Crippen molar-refractivity contribution in [2.75, 3.05) is 0 Å². The number of rotatable bonds is 10. The molecule has 0 N–H and O–H groups in total. The van der Waals surface area contributed by atoms with Crippen molar-refractivity contribution in [3.05, 3.63) is 13.9 Å². The van der Waals surface area contributed by atoms with Crippen LogP contribution in [0.2, 0.25) is 0 Å². The first-order chi connectivity index (χ1) is 9.96. The molecule has 0 spiro atoms. The summed E-state index contributed by atoms with van der Waals surface area (Å²) in [5.74, 6) is 0. The first kappa shape index (κ1) is 19.5. The monoisotopic (exact) mass is 468 g/mol. The Hall–Kier alpha value is 0.420. The van der Waals surface area contributed by atoms with Crippen molar-refractivity contribution >= 4 is 38.5 Å². The van der Waals surface area contributed by atoms with Crippen LogP contribution in [0.5, 0.6) is 0 Å². The number of unbranched alkanes of at least 4 members (excludes halogenated alkanes) is 5. The topological polar surface area (TPSA) is 17.8 Å². The SMILES string of the molecule is CCCCCCCC(C)(CCCC)n1nc(Br)c(I)c1C. The van der Waals surface area contributed by atoms with Gasteiger partial charge in [0, 0.05) is 0 Å². The van der Waals surface area contributed by atoms with E-state index in [9.17, 15) is 0 Å². The minimum atomic E-state index is 0.165. The van der Waals surface area contributed by atoms with E-state index in [1.54, 1.807) is 0 Å². The first-order valence-corrected chi connectivity index (χ1v) is 10.2. The molecule has 21 heavy (non-hydrogen) atoms. The van der Waals surface area contributed by atoms with Gasteiger partial charge in [-0.15, -0.1) is 0 Å². The Kier molecular flexibility index (Phi) is 8.84. The van der Waals surface area contributed by atoms with Crippen LogP contribution in [-0.2, 0) is 5.54 Å². The van der Waals surface area contributed by atoms with E-state index in [4.69, 9.17) is 5.10 Å². The van der Waals surface area contributed by atoms with Gasteiger partial charge in [0.25, 0.3) is 0 Å². The summed E-state index contributed by atoms with van der Waals surface area (Å²) in [4.78, 5) is 0. The van der Waals surface area contributed by atoms with E-state index in [0.717, 1.165) is 4.60 Å². The van der Waals surface area contributed by atoms with Gasteiger partial charge in [-0.3, -0.25) is 4.68 Å². The summed E-state index contributed by atoms with van der Waals surface area (Å²) < 4.78 is 4.53. The van der Waals surface area contributed by atoms with Crippen molar-refractivity contribution in [1.29, 1.82) is 0 Å². The summed E-state index contributed by atoms with van der Waals surface area (Å²) in [6.45, 7) is 9.14. The Morgan fingerprint density at radius 1 is 1.05 bits per heavy atom. The van der Waals surface area contributed by atoms with Crippen molar-refractivity contribution in [1.82, 2.24) is 9.78 Å². The highest BCUT2D eigenvalue weighted by Crippen LogP contribution is 2.34. The summed E-state index contributed by atoms with van der Waals surface area (Å²) in [7, 11) is 0. The van der Waals surface area contributed by atoms with Gasteiger partial charge < -0.3 is 0 Å². The molecular weight excluding hydrogens is 439 g/mol. The van der Waals surface area contributed by atoms with E-state index in [1.807, 2.05) is 0 Å². The minimum Gasteiger partial charge on any atom is -0.262 e. The third-order valence-corrected chi connectivity index (χ3v) is 6.99. The Morgan fingerprint density at radius 3 is 2.14 bits per heavy atom. The number of halogens is 2. The first-order valence-electron chi connectivity index (χ1n) is 8.37. The summed E-state index contributed by atoms with van der Waals surface area (Å²) in [6.07, 6.45) is 11.7. The molecule has 1 atom stereocenters. The van der Waals surface area contributed by atoms with Gasteiger partial charge in [0.1, 0.15) is 4.60 Å². The standard InChI is InChI=1S/C17H30BrIN2/c1-5-7-9-10-11-13-17(4,12-8-6-2)21-14(3)15(19)16(18)20-21/h5-13H2,1-4H3. The fourth-order valence-corrected chi connectivity index (χ4v) is 3.76. The number of aromatic nitrogens is 2. The third kappa shape index (κ3) is 5.52. The highest BCUT2D eigenvalue weighted by molar-refractivity contribution is 14.1. The van der Waals surface area contributed by atoms with Crippen LogP contribution < -0.4 is 0 Å². The summed E-state index contributed by atoms with van der Waals surface area (Å²) in [5.41, 5.74) is 1.47. The normalized spacial score (nSPS) is 14.4. The Balaban J connectivity index is 2.79. The Bertz CT molecular complexity index is 431. The van der Waals surface area contributed by atoms with Crippen LogP contribution in [0, 0.1) is 10.5 Å². The second-order valence-electron chi connectivity index (χ2n) is 6.37. The maximum absolute atomic E-state index is 4.78. The molecule has 0 fully saturated rings. The molecule has 1 aromatic rings. The van der Waals surface area contributed by atoms with Gasteiger partial charge in [0.05, 0.1) is 14.8 Å². The highest BCUT2D eigenvalue weighted by atomic mass is 127. The second-order valence-corrected chi connectivity index (χ2v) is 8.20. The molecule has 0 bridgehead atoms. The highest BCUT2D eigenvalue weighted by Gasteiger charge is 2.29. The van der Waals surface area contributed by atoms with Crippen LogP contribution in [0.3, 0.4) is 0 Å². The quantitative estimate of drug-likeness (QED) is 0.272. The van der Waals surface area contributed by atoms with Crippen molar-refractivity contribution < 1.29 is 0 Å². The molecule has 122 valence electrons. The van der Waals surface area contributed by atoms with Crippen molar-refractivity contribution in [2.45, 2.75) is 91.0 Å². The maximum Gasteiger partial charge on any atom is 0.141 e. The molecule has 1 rings (SSSR count). The smallest absolute Gasteiger partial charge is 0.141 e. The van der Waals surface area contributed by atoms with Crippen LogP contribution in [0.4, 0.5) is 0 Å². The third-order valence-electron chi connectivity index (χ3n) is 4.40. The zero-order valence-corrected chi connectivity index (χ0v) is 17.8. The lowest BCUT2D eigenvalue weighted by Crippen LogP contribution is -2.32. The summed E-state index contributed by atoms with van der Waals surface area (Å²) >= 11 is 5.98. The van der Waals surface area contributed by atoms with Crippen LogP contribution >= 0.6 is 38.5 Å². The van der Waals surface area contributed by atoms with Crippen LogP contribution in [0.25, 0.3) is 0 Å². The zero-order chi connectivity index (χ0) is 15.9. The number of nitrogens with zero attached hydrogens (tertiary/aromatic N) is 2. The van der Waals surface area contributed by atoms with E-state index in [2.05, 4.69) is 70.9 Å². The van der Waals surface area contributed by atoms with Crippen LogP contribution in [-0.4, -0.2) is 9.78 Å². The molecule has 0 aliphatic carbocycles. The van der Waals surface area contributed by atoms with Gasteiger partial charge in [-0.05, 0) is 65.2 Å². The van der Waals surface area contributed by atoms with Crippen LogP contribution in [0.15, 0.2) is 4.60 Å². The van der Waals surface area contributed by atoms with Crippen molar-refractivity contribution in [3.63, 3.8) is 0 Å². The fourth-order valence-electron chi connectivity index (χ4n) is 2.98. The summed E-state index contributed by atoms with van der Waals surface area (Å²) in [5, 5.41) is 4.78. The molecule has 4 heteroatoms. The lowest BCUT2D eigenvalue weighted by Gasteiger charge is -2.32. The molecule has 0 aliphatic rings. The Labute approximate surface area is 152 Å². The minimum absolute atomic E-state index is 0.165. The Morgan fingerprint density at radius 2 is 1.62 bits per heavy atom. The molecule has 0 amide bonds. The largest absolute Gasteiger partial charge is 0.262 e. The summed E-state index contributed by atoms with van der Waals surface area (Å²) in [6, 6.07) is 0. The molecule has 0 saturated carbocycles. The van der Waals surface area contributed by atoms with E-state index in [0.29, 0.717) is 0 Å².